The third-order valence-corrected chi connectivity index (χ3v) is 2.36. The zero-order valence-corrected chi connectivity index (χ0v) is 7.85. The van der Waals surface area contributed by atoms with E-state index in [4.69, 9.17) is 0 Å². The monoisotopic (exact) mass is 150 g/mol. The van der Waals surface area contributed by atoms with E-state index in [9.17, 15) is 0 Å². The maximum Gasteiger partial charge on any atom is -0.0257 e. The van der Waals surface area contributed by atoms with Gasteiger partial charge in [0.1, 0.15) is 0 Å². The molecule has 0 aromatic carbocycles. The molecule has 62 valence electrons. The molecule has 1 aliphatic carbocycles. The van der Waals surface area contributed by atoms with Crippen LogP contribution in [-0.2, 0) is 0 Å². The Morgan fingerprint density at radius 2 is 1.91 bits per heavy atom. The molecule has 1 rings (SSSR count). The molecular weight excluding hydrogens is 132 g/mol. The van der Waals surface area contributed by atoms with Crippen LogP contribution >= 0.6 is 0 Å². The maximum atomic E-state index is 2.31. The highest BCUT2D eigenvalue weighted by Crippen LogP contribution is 2.22. The van der Waals surface area contributed by atoms with E-state index in [0.29, 0.717) is 0 Å². The van der Waals surface area contributed by atoms with Crippen LogP contribution in [-0.4, -0.2) is 0 Å². The molecule has 0 aliphatic heterocycles. The van der Waals surface area contributed by atoms with E-state index in [1.807, 2.05) is 0 Å². The van der Waals surface area contributed by atoms with Crippen molar-refractivity contribution in [3.63, 3.8) is 0 Å². The molecule has 0 saturated heterocycles. The molecule has 0 saturated carbocycles. The van der Waals surface area contributed by atoms with Gasteiger partial charge in [0.2, 0.25) is 0 Å². The van der Waals surface area contributed by atoms with Gasteiger partial charge in [-0.2, -0.15) is 0 Å². The van der Waals surface area contributed by atoms with Gasteiger partial charge >= 0.3 is 0 Å². The van der Waals surface area contributed by atoms with Gasteiger partial charge < -0.3 is 0 Å². The van der Waals surface area contributed by atoms with E-state index < -0.39 is 0 Å². The summed E-state index contributed by atoms with van der Waals surface area (Å²) in [5.41, 5.74) is 3.14. The average molecular weight is 150 g/mol. The van der Waals surface area contributed by atoms with E-state index in [-0.39, 0.29) is 0 Å². The molecule has 0 bridgehead atoms. The molecule has 0 N–H and O–H groups in total. The lowest BCUT2D eigenvalue weighted by Crippen LogP contribution is -1.92. The molecule has 0 fully saturated rings. The fraction of sp³-hybridized carbons (Fsp3) is 0.636. The zero-order valence-electron chi connectivity index (χ0n) is 7.85. The molecule has 11 heavy (non-hydrogen) atoms. The Hall–Kier alpha value is -0.520. The fourth-order valence-corrected chi connectivity index (χ4v) is 1.47. The zero-order chi connectivity index (χ0) is 8.27. The molecule has 0 amide bonds. The summed E-state index contributed by atoms with van der Waals surface area (Å²) in [6, 6.07) is 0. The highest BCUT2D eigenvalue weighted by molar-refractivity contribution is 5.20. The minimum absolute atomic E-state index is 0.733. The summed E-state index contributed by atoms with van der Waals surface area (Å²) in [6.45, 7) is 6.78. The standard InChI is InChI=1S/C11H18/c1-9(2)11-6-4-5-10(3)7-8-11/h7-9H,4-6H2,1-3H3. The second-order valence-electron chi connectivity index (χ2n) is 3.76. The van der Waals surface area contributed by atoms with Crippen LogP contribution in [0.15, 0.2) is 23.3 Å². The Bertz CT molecular complexity index is 182. The van der Waals surface area contributed by atoms with Crippen LogP contribution in [0.4, 0.5) is 0 Å². The molecule has 0 spiro atoms. The largest absolute Gasteiger partial charge is 0.0733 e. The van der Waals surface area contributed by atoms with Crippen molar-refractivity contribution in [2.24, 2.45) is 5.92 Å². The lowest BCUT2D eigenvalue weighted by atomic mass is 9.99. The lowest BCUT2D eigenvalue weighted by molar-refractivity contribution is 0.686. The summed E-state index contributed by atoms with van der Waals surface area (Å²) < 4.78 is 0. The quantitative estimate of drug-likeness (QED) is 0.534. The molecule has 0 aromatic rings. The van der Waals surface area contributed by atoms with Gasteiger partial charge in [-0.05, 0) is 32.1 Å². The van der Waals surface area contributed by atoms with Gasteiger partial charge in [0.25, 0.3) is 0 Å². The molecule has 0 nitrogen and oxygen atoms in total. The van der Waals surface area contributed by atoms with Gasteiger partial charge in [-0.15, -0.1) is 0 Å². The third-order valence-electron chi connectivity index (χ3n) is 2.36. The van der Waals surface area contributed by atoms with Gasteiger partial charge in [0.15, 0.2) is 0 Å². The van der Waals surface area contributed by atoms with E-state index in [0.717, 1.165) is 5.92 Å². The molecule has 0 aromatic heterocycles. The number of hydrogen-bond acceptors (Lipinski definition) is 0. The van der Waals surface area contributed by atoms with Gasteiger partial charge in [0.05, 0.1) is 0 Å². The summed E-state index contributed by atoms with van der Waals surface area (Å²) in [4.78, 5) is 0. The smallest absolute Gasteiger partial charge is 0.0257 e. The summed E-state index contributed by atoms with van der Waals surface area (Å²) >= 11 is 0. The van der Waals surface area contributed by atoms with Crippen molar-refractivity contribution in [2.45, 2.75) is 40.0 Å². The second-order valence-corrected chi connectivity index (χ2v) is 3.76. The number of allylic oxidation sites excluding steroid dienone is 4. The van der Waals surface area contributed by atoms with Crippen LogP contribution in [0.2, 0.25) is 0 Å². The first-order valence-electron chi connectivity index (χ1n) is 4.56. The van der Waals surface area contributed by atoms with Crippen molar-refractivity contribution in [3.05, 3.63) is 23.3 Å². The maximum absolute atomic E-state index is 2.31. The highest BCUT2D eigenvalue weighted by Gasteiger charge is 2.04. The Kier molecular flexibility index (Phi) is 2.92. The van der Waals surface area contributed by atoms with Crippen LogP contribution in [0.1, 0.15) is 40.0 Å². The van der Waals surface area contributed by atoms with Gasteiger partial charge in [-0.25, -0.2) is 0 Å². The van der Waals surface area contributed by atoms with Crippen molar-refractivity contribution in [3.8, 4) is 0 Å². The third kappa shape index (κ3) is 2.53. The van der Waals surface area contributed by atoms with Crippen LogP contribution in [0, 0.1) is 5.92 Å². The van der Waals surface area contributed by atoms with Crippen molar-refractivity contribution in [1.29, 1.82) is 0 Å². The van der Waals surface area contributed by atoms with Crippen molar-refractivity contribution in [1.82, 2.24) is 0 Å². The SMILES string of the molecule is CC1=CC=C(C(C)C)CCC1. The van der Waals surface area contributed by atoms with Crippen LogP contribution < -0.4 is 0 Å². The van der Waals surface area contributed by atoms with Gasteiger partial charge in [-0.1, -0.05) is 37.1 Å². The predicted octanol–water partition coefficient (Wildman–Crippen LogP) is 3.70. The van der Waals surface area contributed by atoms with E-state index in [1.165, 1.54) is 24.8 Å². The first kappa shape index (κ1) is 8.58. The fourth-order valence-electron chi connectivity index (χ4n) is 1.47. The topological polar surface area (TPSA) is 0 Å². The van der Waals surface area contributed by atoms with E-state index in [2.05, 4.69) is 32.9 Å². The second kappa shape index (κ2) is 3.75. The van der Waals surface area contributed by atoms with Crippen LogP contribution in [0.5, 0.6) is 0 Å². The minimum Gasteiger partial charge on any atom is -0.0733 e. The molecule has 0 heteroatoms. The first-order valence-corrected chi connectivity index (χ1v) is 4.56. The molecule has 0 heterocycles. The van der Waals surface area contributed by atoms with E-state index >= 15 is 0 Å². The molecular formula is C11H18. The van der Waals surface area contributed by atoms with Crippen molar-refractivity contribution >= 4 is 0 Å². The summed E-state index contributed by atoms with van der Waals surface area (Å²) in [6.07, 6.45) is 8.51. The molecule has 0 unspecified atom stereocenters. The minimum atomic E-state index is 0.733. The first-order chi connectivity index (χ1) is 5.20. The average Bonchev–Trinajstić information content (AvgIpc) is 2.13. The number of hydrogen-bond donors (Lipinski definition) is 0. The van der Waals surface area contributed by atoms with E-state index in [1.54, 1.807) is 5.57 Å². The van der Waals surface area contributed by atoms with Crippen LogP contribution in [0.3, 0.4) is 0 Å². The summed E-state index contributed by atoms with van der Waals surface area (Å²) in [5.74, 6) is 0.733. The highest BCUT2D eigenvalue weighted by atomic mass is 14.1. The molecule has 1 aliphatic rings. The molecule has 0 atom stereocenters. The number of rotatable bonds is 1. The normalized spacial score (nSPS) is 19.3. The Labute approximate surface area is 70.0 Å². The Morgan fingerprint density at radius 1 is 1.18 bits per heavy atom. The van der Waals surface area contributed by atoms with Crippen LogP contribution in [0.25, 0.3) is 0 Å². The Balaban J connectivity index is 2.67. The van der Waals surface area contributed by atoms with Crippen molar-refractivity contribution < 1.29 is 0 Å². The molecule has 0 radical (unpaired) electrons. The predicted molar refractivity (Wildman–Crippen MR) is 50.5 cm³/mol. The summed E-state index contributed by atoms with van der Waals surface area (Å²) in [7, 11) is 0. The van der Waals surface area contributed by atoms with Gasteiger partial charge in [-0.3, -0.25) is 0 Å². The Morgan fingerprint density at radius 3 is 2.55 bits per heavy atom. The van der Waals surface area contributed by atoms with Gasteiger partial charge in [0, 0.05) is 0 Å². The lowest BCUT2D eigenvalue weighted by Gasteiger charge is -2.07. The van der Waals surface area contributed by atoms with Crippen molar-refractivity contribution in [2.75, 3.05) is 0 Å². The summed E-state index contributed by atoms with van der Waals surface area (Å²) in [5, 5.41) is 0.